The van der Waals surface area contributed by atoms with Crippen molar-refractivity contribution < 1.29 is 9.47 Å². The van der Waals surface area contributed by atoms with E-state index in [9.17, 15) is 0 Å². The standard InChI is InChI=1S/C36H46O2S2/c1-3-5-7-9-11-13-27-37-31-19-15-29(16-20-31)33-23-25-35(39-33)36-26-24-34(40-36)30-17-21-32(22-18-30)38-28-14-12-10-8-6-4-2/h15-26H,3-14,27-28H2,1-2H3. The molecule has 0 fully saturated rings. The van der Waals surface area contributed by atoms with E-state index in [1.165, 1.54) is 94.8 Å². The number of rotatable bonds is 19. The van der Waals surface area contributed by atoms with E-state index < -0.39 is 0 Å². The van der Waals surface area contributed by atoms with Crippen LogP contribution in [0.15, 0.2) is 72.8 Å². The summed E-state index contributed by atoms with van der Waals surface area (Å²) in [5.74, 6) is 1.94. The van der Waals surface area contributed by atoms with Crippen molar-refractivity contribution in [1.29, 1.82) is 0 Å². The molecule has 0 atom stereocenters. The molecule has 0 aliphatic rings. The van der Waals surface area contributed by atoms with Gasteiger partial charge < -0.3 is 9.47 Å². The van der Waals surface area contributed by atoms with Crippen molar-refractivity contribution in [3.63, 3.8) is 0 Å². The normalized spacial score (nSPS) is 11.2. The minimum atomic E-state index is 0.810. The molecule has 0 radical (unpaired) electrons. The van der Waals surface area contributed by atoms with Crippen LogP contribution in [0, 0.1) is 0 Å². The van der Waals surface area contributed by atoms with Crippen molar-refractivity contribution in [3.8, 4) is 42.1 Å². The summed E-state index contributed by atoms with van der Waals surface area (Å²) in [4.78, 5) is 5.21. The van der Waals surface area contributed by atoms with Crippen molar-refractivity contribution in [2.24, 2.45) is 0 Å². The first kappa shape index (κ1) is 30.4. The zero-order valence-electron chi connectivity index (χ0n) is 24.5. The Morgan fingerprint density at radius 1 is 0.400 bits per heavy atom. The molecule has 0 unspecified atom stereocenters. The Morgan fingerprint density at radius 3 is 1.15 bits per heavy atom. The summed E-state index contributed by atoms with van der Waals surface area (Å²) in [5.41, 5.74) is 2.49. The van der Waals surface area contributed by atoms with Crippen molar-refractivity contribution in [2.75, 3.05) is 13.2 Å². The molecule has 2 aromatic heterocycles. The van der Waals surface area contributed by atoms with Gasteiger partial charge in [0.25, 0.3) is 0 Å². The van der Waals surface area contributed by atoms with Crippen molar-refractivity contribution >= 4 is 22.7 Å². The van der Waals surface area contributed by atoms with Gasteiger partial charge in [0.1, 0.15) is 11.5 Å². The van der Waals surface area contributed by atoms with E-state index in [0.717, 1.165) is 37.6 Å². The van der Waals surface area contributed by atoms with Gasteiger partial charge in [-0.1, -0.05) is 78.1 Å². The van der Waals surface area contributed by atoms with Gasteiger partial charge in [-0.25, -0.2) is 0 Å². The summed E-state index contributed by atoms with van der Waals surface area (Å²) >= 11 is 3.71. The predicted molar refractivity (Wildman–Crippen MR) is 176 cm³/mol. The molecule has 2 nitrogen and oxygen atoms in total. The van der Waals surface area contributed by atoms with Crippen LogP contribution < -0.4 is 9.47 Å². The van der Waals surface area contributed by atoms with Gasteiger partial charge in [0.2, 0.25) is 0 Å². The molecule has 2 heterocycles. The van der Waals surface area contributed by atoms with Gasteiger partial charge in [0, 0.05) is 19.5 Å². The third-order valence-electron chi connectivity index (χ3n) is 7.27. The van der Waals surface area contributed by atoms with Crippen molar-refractivity contribution in [3.05, 3.63) is 72.8 Å². The number of benzene rings is 2. The summed E-state index contributed by atoms with van der Waals surface area (Å²) < 4.78 is 11.9. The Balaban J connectivity index is 1.24. The van der Waals surface area contributed by atoms with Crippen LogP contribution in [-0.2, 0) is 0 Å². The average Bonchev–Trinajstić information content (AvgIpc) is 3.68. The van der Waals surface area contributed by atoms with E-state index in [1.54, 1.807) is 0 Å². The average molecular weight is 575 g/mol. The first-order valence-electron chi connectivity index (χ1n) is 15.4. The highest BCUT2D eigenvalue weighted by Gasteiger charge is 2.10. The van der Waals surface area contributed by atoms with Crippen LogP contribution >= 0.6 is 22.7 Å². The third-order valence-corrected chi connectivity index (χ3v) is 9.73. The molecule has 0 aliphatic carbocycles. The first-order valence-corrected chi connectivity index (χ1v) is 17.1. The number of thiophene rings is 2. The third kappa shape index (κ3) is 9.82. The fraction of sp³-hybridized carbons (Fsp3) is 0.444. The van der Waals surface area contributed by atoms with Gasteiger partial charge in [-0.2, -0.15) is 0 Å². The molecule has 0 spiro atoms. The number of hydrogen-bond acceptors (Lipinski definition) is 4. The van der Waals surface area contributed by atoms with Crippen LogP contribution in [0.3, 0.4) is 0 Å². The summed E-state index contributed by atoms with van der Waals surface area (Å²) in [6.45, 7) is 6.14. The topological polar surface area (TPSA) is 18.5 Å². The molecule has 0 N–H and O–H groups in total. The maximum Gasteiger partial charge on any atom is 0.119 e. The summed E-state index contributed by atoms with van der Waals surface area (Å²) in [6.07, 6.45) is 15.4. The molecule has 4 aromatic rings. The summed E-state index contributed by atoms with van der Waals surface area (Å²) in [5, 5.41) is 0. The lowest BCUT2D eigenvalue weighted by molar-refractivity contribution is 0.304. The van der Waals surface area contributed by atoms with Crippen molar-refractivity contribution in [2.45, 2.75) is 90.9 Å². The minimum Gasteiger partial charge on any atom is -0.494 e. The number of unbranched alkanes of at least 4 members (excludes halogenated alkanes) is 10. The second kappa shape index (κ2) is 17.3. The first-order chi connectivity index (χ1) is 19.8. The van der Waals surface area contributed by atoms with Crippen LogP contribution in [0.25, 0.3) is 30.6 Å². The van der Waals surface area contributed by atoms with Crippen LogP contribution in [0.2, 0.25) is 0 Å². The van der Waals surface area contributed by atoms with Gasteiger partial charge in [0.05, 0.1) is 13.2 Å². The Hall–Kier alpha value is -2.56. The Bertz CT molecular complexity index is 1120. The predicted octanol–water partition coefficient (Wildman–Crippen LogP) is 12.3. The van der Waals surface area contributed by atoms with E-state index in [2.05, 4.69) is 86.6 Å². The van der Waals surface area contributed by atoms with E-state index in [4.69, 9.17) is 9.47 Å². The van der Waals surface area contributed by atoms with Crippen LogP contribution in [0.4, 0.5) is 0 Å². The molecule has 4 heteroatoms. The Morgan fingerprint density at radius 2 is 0.750 bits per heavy atom. The Labute approximate surface area is 250 Å². The van der Waals surface area contributed by atoms with E-state index in [-0.39, 0.29) is 0 Å². The lowest BCUT2D eigenvalue weighted by atomic mass is 10.1. The summed E-state index contributed by atoms with van der Waals surface area (Å²) in [7, 11) is 0. The fourth-order valence-electron chi connectivity index (χ4n) is 4.83. The Kier molecular flexibility index (Phi) is 13.1. The van der Waals surface area contributed by atoms with Gasteiger partial charge >= 0.3 is 0 Å². The molecular formula is C36H46O2S2. The molecule has 2 aromatic carbocycles. The highest BCUT2D eigenvalue weighted by atomic mass is 32.1. The minimum absolute atomic E-state index is 0.810. The molecule has 0 aliphatic heterocycles. The lowest BCUT2D eigenvalue weighted by Crippen LogP contribution is -1.97. The SMILES string of the molecule is CCCCCCCCOc1ccc(-c2ccc(-c3ccc(-c4ccc(OCCCCCCCC)cc4)s3)s2)cc1. The second-order valence-electron chi connectivity index (χ2n) is 10.6. The van der Waals surface area contributed by atoms with Gasteiger partial charge in [-0.3, -0.25) is 0 Å². The van der Waals surface area contributed by atoms with E-state index >= 15 is 0 Å². The molecule has 4 rings (SSSR count). The highest BCUT2D eigenvalue weighted by Crippen LogP contribution is 2.40. The zero-order valence-corrected chi connectivity index (χ0v) is 26.1. The van der Waals surface area contributed by atoms with Crippen LogP contribution in [0.5, 0.6) is 11.5 Å². The number of ether oxygens (including phenoxy) is 2. The monoisotopic (exact) mass is 574 g/mol. The zero-order chi connectivity index (χ0) is 27.8. The van der Waals surface area contributed by atoms with Crippen LogP contribution in [0.1, 0.15) is 90.9 Å². The molecule has 0 bridgehead atoms. The molecule has 214 valence electrons. The molecule has 0 saturated carbocycles. The summed E-state index contributed by atoms with van der Waals surface area (Å²) in [6, 6.07) is 26.1. The smallest absolute Gasteiger partial charge is 0.119 e. The molecule has 0 amide bonds. The number of hydrogen-bond donors (Lipinski definition) is 0. The van der Waals surface area contributed by atoms with E-state index in [1.807, 2.05) is 22.7 Å². The van der Waals surface area contributed by atoms with E-state index in [0.29, 0.717) is 0 Å². The maximum absolute atomic E-state index is 5.97. The maximum atomic E-state index is 5.97. The van der Waals surface area contributed by atoms with Crippen LogP contribution in [-0.4, -0.2) is 13.2 Å². The fourth-order valence-corrected chi connectivity index (χ4v) is 6.94. The van der Waals surface area contributed by atoms with Gasteiger partial charge in [-0.15, -0.1) is 22.7 Å². The molecule has 40 heavy (non-hydrogen) atoms. The van der Waals surface area contributed by atoms with Gasteiger partial charge in [0.15, 0.2) is 0 Å². The second-order valence-corrected chi connectivity index (χ2v) is 12.8. The van der Waals surface area contributed by atoms with Crippen molar-refractivity contribution in [1.82, 2.24) is 0 Å². The van der Waals surface area contributed by atoms with Gasteiger partial charge in [-0.05, 0) is 96.8 Å². The molecular weight excluding hydrogens is 529 g/mol. The highest BCUT2D eigenvalue weighted by molar-refractivity contribution is 7.25. The largest absolute Gasteiger partial charge is 0.494 e. The quantitative estimate of drug-likeness (QED) is 0.104. The molecule has 0 saturated heterocycles. The lowest BCUT2D eigenvalue weighted by Gasteiger charge is -2.07.